The van der Waals surface area contributed by atoms with Crippen molar-refractivity contribution in [2.45, 2.75) is 30.9 Å². The van der Waals surface area contributed by atoms with Crippen LogP contribution < -0.4 is 16.0 Å². The van der Waals surface area contributed by atoms with Crippen molar-refractivity contribution in [3.8, 4) is 0 Å². The third kappa shape index (κ3) is 7.93. The molecule has 1 unspecified atom stereocenters. The zero-order chi connectivity index (χ0) is 27.8. The largest absolute Gasteiger partial charge is 0.360 e. The summed E-state index contributed by atoms with van der Waals surface area (Å²) in [6, 6.07) is 25.1. The first-order chi connectivity index (χ1) is 18.8. The van der Waals surface area contributed by atoms with Gasteiger partial charge in [0.15, 0.2) is 5.82 Å². The molecule has 4 rings (SSSR count). The summed E-state index contributed by atoms with van der Waals surface area (Å²) in [7, 11) is 0. The molecule has 9 heteroatoms. The Morgan fingerprint density at radius 2 is 1.59 bits per heavy atom. The molecule has 0 fully saturated rings. The number of amides is 3. The summed E-state index contributed by atoms with van der Waals surface area (Å²) in [4.78, 5) is 39.3. The van der Waals surface area contributed by atoms with Crippen LogP contribution in [0.3, 0.4) is 0 Å². The van der Waals surface area contributed by atoms with Crippen molar-refractivity contribution in [2.24, 2.45) is 0 Å². The summed E-state index contributed by atoms with van der Waals surface area (Å²) < 4.78 is 4.97. The monoisotopic (exact) mass is 540 g/mol. The van der Waals surface area contributed by atoms with E-state index in [1.807, 2.05) is 49.4 Å². The lowest BCUT2D eigenvalue weighted by Gasteiger charge is -2.13. The number of hydrogen-bond donors (Lipinski definition) is 3. The van der Waals surface area contributed by atoms with Crippen LogP contribution in [0.25, 0.3) is 6.08 Å². The number of aromatic nitrogens is 1. The molecule has 0 bridgehead atoms. The second-order valence-corrected chi connectivity index (χ2v) is 10.3. The van der Waals surface area contributed by atoms with Crippen molar-refractivity contribution < 1.29 is 18.9 Å². The van der Waals surface area contributed by atoms with Crippen molar-refractivity contribution in [1.29, 1.82) is 0 Å². The van der Waals surface area contributed by atoms with E-state index in [1.165, 1.54) is 11.8 Å². The summed E-state index contributed by atoms with van der Waals surface area (Å²) in [6.45, 7) is 5.52. The Balaban J connectivity index is 1.43. The molecule has 0 aliphatic rings. The molecule has 3 aromatic carbocycles. The quantitative estimate of drug-likeness (QED) is 0.182. The Morgan fingerprint density at radius 1 is 0.897 bits per heavy atom. The standard InChI is InChI=1S/C30H28N4O4S/c1-19-9-11-22(12-10-19)18-26(32-29(36)23-7-5-4-6-8-23)30(37)31-24-13-15-25(16-14-24)39-21(3)28(35)33-27-17-20(2)38-34-27/h4-18,21H,1-3H3,(H,31,37)(H,32,36)(H,33,34,35). The number of carbonyl (C=O) groups is 3. The highest BCUT2D eigenvalue weighted by Crippen LogP contribution is 2.26. The van der Waals surface area contributed by atoms with Gasteiger partial charge >= 0.3 is 0 Å². The third-order valence-electron chi connectivity index (χ3n) is 5.59. The van der Waals surface area contributed by atoms with Gasteiger partial charge in [0.25, 0.3) is 11.8 Å². The van der Waals surface area contributed by atoms with E-state index in [-0.39, 0.29) is 22.8 Å². The van der Waals surface area contributed by atoms with Crippen molar-refractivity contribution in [3.05, 3.63) is 113 Å². The highest BCUT2D eigenvalue weighted by atomic mass is 32.2. The number of aryl methyl sites for hydroxylation is 2. The number of rotatable bonds is 9. The maximum absolute atomic E-state index is 13.2. The van der Waals surface area contributed by atoms with Gasteiger partial charge in [-0.05, 0) is 68.8 Å². The van der Waals surface area contributed by atoms with Crippen LogP contribution in [0, 0.1) is 13.8 Å². The zero-order valence-corrected chi connectivity index (χ0v) is 22.5. The van der Waals surface area contributed by atoms with Gasteiger partial charge in [-0.2, -0.15) is 0 Å². The Bertz CT molecular complexity index is 1480. The van der Waals surface area contributed by atoms with Crippen molar-refractivity contribution in [3.63, 3.8) is 0 Å². The first kappa shape index (κ1) is 27.4. The van der Waals surface area contributed by atoms with E-state index in [0.29, 0.717) is 22.8 Å². The van der Waals surface area contributed by atoms with Gasteiger partial charge in [0, 0.05) is 22.2 Å². The van der Waals surface area contributed by atoms with Crippen molar-refractivity contribution in [2.75, 3.05) is 10.6 Å². The summed E-state index contributed by atoms with van der Waals surface area (Å²) in [6.07, 6.45) is 1.64. The number of thioether (sulfide) groups is 1. The molecule has 1 atom stereocenters. The van der Waals surface area contributed by atoms with E-state index in [2.05, 4.69) is 21.1 Å². The minimum atomic E-state index is -0.462. The number of anilines is 2. The van der Waals surface area contributed by atoms with Gasteiger partial charge in [-0.1, -0.05) is 53.2 Å². The minimum absolute atomic E-state index is 0.111. The number of nitrogens with zero attached hydrogens (tertiary/aromatic N) is 1. The molecule has 0 saturated heterocycles. The minimum Gasteiger partial charge on any atom is -0.360 e. The van der Waals surface area contributed by atoms with E-state index in [1.54, 1.807) is 62.4 Å². The van der Waals surface area contributed by atoms with E-state index >= 15 is 0 Å². The SMILES string of the molecule is Cc1ccc(C=C(NC(=O)c2ccccc2)C(=O)Nc2ccc(SC(C)C(=O)Nc3cc(C)on3)cc2)cc1. The highest BCUT2D eigenvalue weighted by molar-refractivity contribution is 8.00. The smallest absolute Gasteiger partial charge is 0.272 e. The second-order valence-electron chi connectivity index (χ2n) is 8.84. The molecule has 0 radical (unpaired) electrons. The molecule has 4 aromatic rings. The van der Waals surface area contributed by atoms with Crippen LogP contribution in [0.4, 0.5) is 11.5 Å². The van der Waals surface area contributed by atoms with Crippen LogP contribution in [0.1, 0.15) is 34.2 Å². The third-order valence-corrected chi connectivity index (χ3v) is 6.70. The Kier molecular flexibility index (Phi) is 8.96. The van der Waals surface area contributed by atoms with E-state index in [4.69, 9.17) is 4.52 Å². The van der Waals surface area contributed by atoms with Gasteiger partial charge in [-0.3, -0.25) is 14.4 Å². The molecule has 0 spiro atoms. The summed E-state index contributed by atoms with van der Waals surface area (Å²) >= 11 is 1.37. The van der Waals surface area contributed by atoms with E-state index in [0.717, 1.165) is 16.0 Å². The topological polar surface area (TPSA) is 113 Å². The number of benzene rings is 3. The predicted molar refractivity (Wildman–Crippen MR) is 153 cm³/mol. The fraction of sp³-hybridized carbons (Fsp3) is 0.133. The molecule has 39 heavy (non-hydrogen) atoms. The zero-order valence-electron chi connectivity index (χ0n) is 21.7. The van der Waals surface area contributed by atoms with Crippen LogP contribution >= 0.6 is 11.8 Å². The number of nitrogens with one attached hydrogen (secondary N) is 3. The van der Waals surface area contributed by atoms with Gasteiger partial charge in [0.2, 0.25) is 5.91 Å². The average Bonchev–Trinajstić information content (AvgIpc) is 3.35. The molecule has 0 aliphatic heterocycles. The molecule has 1 aromatic heterocycles. The molecular formula is C30H28N4O4S. The fourth-order valence-electron chi connectivity index (χ4n) is 3.50. The maximum Gasteiger partial charge on any atom is 0.272 e. The van der Waals surface area contributed by atoms with Gasteiger partial charge in [0.05, 0.1) is 5.25 Å². The van der Waals surface area contributed by atoms with Crippen LogP contribution in [-0.4, -0.2) is 28.1 Å². The van der Waals surface area contributed by atoms with Crippen LogP contribution in [0.15, 0.2) is 100 Å². The van der Waals surface area contributed by atoms with Crippen molar-refractivity contribution in [1.82, 2.24) is 10.5 Å². The Morgan fingerprint density at radius 3 is 2.23 bits per heavy atom. The van der Waals surface area contributed by atoms with E-state index in [9.17, 15) is 14.4 Å². The Hall–Kier alpha value is -4.63. The Labute approximate surface area is 230 Å². The molecule has 0 aliphatic carbocycles. The molecule has 0 saturated carbocycles. The number of hydrogen-bond acceptors (Lipinski definition) is 6. The lowest BCUT2D eigenvalue weighted by Crippen LogP contribution is -2.30. The molecule has 8 nitrogen and oxygen atoms in total. The molecule has 3 N–H and O–H groups in total. The summed E-state index contributed by atoms with van der Waals surface area (Å²) in [5.74, 6) is -0.0675. The highest BCUT2D eigenvalue weighted by Gasteiger charge is 2.17. The molecular weight excluding hydrogens is 512 g/mol. The lowest BCUT2D eigenvalue weighted by atomic mass is 10.1. The van der Waals surface area contributed by atoms with Gasteiger partial charge < -0.3 is 20.5 Å². The molecule has 198 valence electrons. The molecule has 1 heterocycles. The first-order valence-electron chi connectivity index (χ1n) is 12.2. The normalized spacial score (nSPS) is 11.9. The first-order valence-corrected chi connectivity index (χ1v) is 13.1. The van der Waals surface area contributed by atoms with E-state index < -0.39 is 5.91 Å². The number of carbonyl (C=O) groups excluding carboxylic acids is 3. The van der Waals surface area contributed by atoms with Crippen LogP contribution in [0.5, 0.6) is 0 Å². The second kappa shape index (κ2) is 12.7. The van der Waals surface area contributed by atoms with Crippen LogP contribution in [-0.2, 0) is 9.59 Å². The van der Waals surface area contributed by atoms with Crippen molar-refractivity contribution >= 4 is 47.1 Å². The summed E-state index contributed by atoms with van der Waals surface area (Å²) in [5, 5.41) is 11.7. The van der Waals surface area contributed by atoms with Gasteiger partial charge in [-0.15, -0.1) is 11.8 Å². The lowest BCUT2D eigenvalue weighted by molar-refractivity contribution is -0.115. The van der Waals surface area contributed by atoms with Crippen LogP contribution in [0.2, 0.25) is 0 Å². The molecule has 3 amide bonds. The van der Waals surface area contributed by atoms with Gasteiger partial charge in [-0.25, -0.2) is 0 Å². The summed E-state index contributed by atoms with van der Waals surface area (Å²) in [5.41, 5.74) is 2.96. The maximum atomic E-state index is 13.2. The predicted octanol–water partition coefficient (Wildman–Crippen LogP) is 5.82. The van der Waals surface area contributed by atoms with Gasteiger partial charge in [0.1, 0.15) is 11.5 Å². The fourth-order valence-corrected chi connectivity index (χ4v) is 4.37. The average molecular weight is 541 g/mol.